The molecule has 2 heterocycles. The number of hydrogen-bond acceptors (Lipinski definition) is 2. The number of aromatic nitrogens is 2. The second kappa shape index (κ2) is 6.55. The molecule has 0 bridgehead atoms. The third-order valence-electron chi connectivity index (χ3n) is 4.05. The first-order valence-electron chi connectivity index (χ1n) is 7.89. The minimum absolute atomic E-state index is 0.0818. The highest BCUT2D eigenvalue weighted by atomic mass is 35.5. The number of aryl methyl sites for hydroxylation is 2. The van der Waals surface area contributed by atoms with Crippen LogP contribution in [0.15, 0.2) is 47.3 Å². The molecule has 0 radical (unpaired) electrons. The Morgan fingerprint density at radius 1 is 1.09 bits per heavy atom. The van der Waals surface area contributed by atoms with Crippen LogP contribution < -0.4 is 5.56 Å². The molecule has 0 fully saturated rings. The lowest BCUT2D eigenvalue weighted by Crippen LogP contribution is -2.21. The molecule has 0 N–H and O–H groups in total. The van der Waals surface area contributed by atoms with E-state index in [0.717, 1.165) is 40.7 Å². The van der Waals surface area contributed by atoms with E-state index in [0.29, 0.717) is 11.6 Å². The van der Waals surface area contributed by atoms with Gasteiger partial charge in [0.1, 0.15) is 0 Å². The summed E-state index contributed by atoms with van der Waals surface area (Å²) in [6.45, 7) is 4.66. The number of halogens is 1. The summed E-state index contributed by atoms with van der Waals surface area (Å²) >= 11 is 6.36. The maximum atomic E-state index is 12.5. The van der Waals surface area contributed by atoms with E-state index in [1.54, 1.807) is 4.57 Å². The average Bonchev–Trinajstić information content (AvgIpc) is 2.58. The van der Waals surface area contributed by atoms with Crippen LogP contribution in [0.5, 0.6) is 0 Å². The fraction of sp³-hybridized carbons (Fsp3) is 0.263. The van der Waals surface area contributed by atoms with Crippen molar-refractivity contribution in [2.45, 2.75) is 33.2 Å². The van der Waals surface area contributed by atoms with E-state index in [4.69, 9.17) is 11.6 Å². The molecule has 4 heteroatoms. The van der Waals surface area contributed by atoms with E-state index < -0.39 is 0 Å². The average molecular weight is 327 g/mol. The van der Waals surface area contributed by atoms with Gasteiger partial charge in [-0.2, -0.15) is 0 Å². The minimum atomic E-state index is -0.0818. The fourth-order valence-corrected chi connectivity index (χ4v) is 3.15. The van der Waals surface area contributed by atoms with Crippen molar-refractivity contribution in [1.82, 2.24) is 9.55 Å². The molecule has 0 saturated heterocycles. The van der Waals surface area contributed by atoms with Crippen molar-refractivity contribution in [3.63, 3.8) is 0 Å². The smallest absolute Gasteiger partial charge is 0.252 e. The number of nitrogens with zero attached hydrogens (tertiary/aromatic N) is 2. The fourth-order valence-electron chi connectivity index (χ4n) is 2.86. The number of fused-ring (bicyclic) bond motifs is 1. The van der Waals surface area contributed by atoms with Crippen molar-refractivity contribution in [2.24, 2.45) is 0 Å². The summed E-state index contributed by atoms with van der Waals surface area (Å²) in [5.41, 5.74) is 3.81. The topological polar surface area (TPSA) is 34.9 Å². The number of benzene rings is 1. The summed E-state index contributed by atoms with van der Waals surface area (Å²) in [5.74, 6) is 0. The third kappa shape index (κ3) is 3.02. The van der Waals surface area contributed by atoms with Crippen LogP contribution in [0, 0.1) is 0 Å². The molecule has 0 unspecified atom stereocenters. The van der Waals surface area contributed by atoms with Crippen LogP contribution in [0.25, 0.3) is 10.9 Å². The van der Waals surface area contributed by atoms with E-state index in [2.05, 4.69) is 18.8 Å². The van der Waals surface area contributed by atoms with E-state index in [1.807, 2.05) is 36.4 Å². The van der Waals surface area contributed by atoms with Crippen LogP contribution in [-0.4, -0.2) is 9.55 Å². The van der Waals surface area contributed by atoms with Gasteiger partial charge in [0.05, 0.1) is 22.8 Å². The van der Waals surface area contributed by atoms with Crippen LogP contribution in [0.1, 0.15) is 30.8 Å². The Labute approximate surface area is 140 Å². The molecule has 1 aromatic carbocycles. The molecule has 0 aliphatic carbocycles. The summed E-state index contributed by atoms with van der Waals surface area (Å²) in [6.07, 6.45) is 1.61. The van der Waals surface area contributed by atoms with E-state index >= 15 is 0 Å². The molecule has 3 rings (SSSR count). The quantitative estimate of drug-likeness (QED) is 0.719. The summed E-state index contributed by atoms with van der Waals surface area (Å²) in [4.78, 5) is 17.2. The van der Waals surface area contributed by atoms with E-state index in [1.165, 1.54) is 6.07 Å². The second-order valence-corrected chi connectivity index (χ2v) is 5.97. The minimum Gasteiger partial charge on any atom is -0.304 e. The van der Waals surface area contributed by atoms with Crippen molar-refractivity contribution >= 4 is 22.5 Å². The molecule has 0 spiro atoms. The lowest BCUT2D eigenvalue weighted by molar-refractivity contribution is 0.790. The Balaban J connectivity index is 2.30. The van der Waals surface area contributed by atoms with Gasteiger partial charge >= 0.3 is 0 Å². The molecular weight excluding hydrogens is 308 g/mol. The highest BCUT2D eigenvalue weighted by molar-refractivity contribution is 6.35. The summed E-state index contributed by atoms with van der Waals surface area (Å²) in [5, 5.41) is 1.38. The number of pyridine rings is 2. The number of hydrogen-bond donors (Lipinski definition) is 0. The molecule has 3 aromatic rings. The second-order valence-electron chi connectivity index (χ2n) is 5.56. The predicted molar refractivity (Wildman–Crippen MR) is 95.3 cm³/mol. The first-order valence-corrected chi connectivity index (χ1v) is 8.27. The van der Waals surface area contributed by atoms with Gasteiger partial charge in [-0.15, -0.1) is 0 Å². The van der Waals surface area contributed by atoms with Crippen molar-refractivity contribution < 1.29 is 0 Å². The van der Waals surface area contributed by atoms with Crippen molar-refractivity contribution in [3.05, 3.63) is 74.8 Å². The molecule has 2 aromatic heterocycles. The Morgan fingerprint density at radius 3 is 2.48 bits per heavy atom. The third-order valence-corrected chi connectivity index (χ3v) is 4.35. The zero-order valence-corrected chi connectivity index (χ0v) is 14.1. The lowest BCUT2D eigenvalue weighted by atomic mass is 10.1. The highest BCUT2D eigenvalue weighted by Crippen LogP contribution is 2.26. The van der Waals surface area contributed by atoms with E-state index in [9.17, 15) is 4.79 Å². The Hall–Kier alpha value is -2.13. The Morgan fingerprint density at radius 2 is 1.83 bits per heavy atom. The summed E-state index contributed by atoms with van der Waals surface area (Å²) in [7, 11) is 0. The first kappa shape index (κ1) is 15.8. The standard InChI is InChI=1S/C19H19ClN2O/c1-3-14-10-17-19(16(4-2)21-14)15(20)11-18(23)22(17)12-13-8-6-5-7-9-13/h5-11H,3-4,12H2,1-2H3. The van der Waals surface area contributed by atoms with Gasteiger partial charge in [-0.25, -0.2) is 0 Å². The normalized spacial score (nSPS) is 11.1. The lowest BCUT2D eigenvalue weighted by Gasteiger charge is -2.15. The number of rotatable bonds is 4. The van der Waals surface area contributed by atoms with Gasteiger partial charge in [0, 0.05) is 17.1 Å². The maximum absolute atomic E-state index is 12.5. The Kier molecular flexibility index (Phi) is 4.49. The van der Waals surface area contributed by atoms with Crippen LogP contribution in [0.2, 0.25) is 5.02 Å². The van der Waals surface area contributed by atoms with Gasteiger partial charge in [0.15, 0.2) is 0 Å². The van der Waals surface area contributed by atoms with Gasteiger partial charge < -0.3 is 4.57 Å². The zero-order valence-electron chi connectivity index (χ0n) is 13.3. The van der Waals surface area contributed by atoms with Gasteiger partial charge in [-0.3, -0.25) is 9.78 Å². The van der Waals surface area contributed by atoms with Crippen molar-refractivity contribution in [1.29, 1.82) is 0 Å². The van der Waals surface area contributed by atoms with Gasteiger partial charge in [-0.1, -0.05) is 55.8 Å². The molecular formula is C19H19ClN2O. The Bertz CT molecular complexity index is 901. The summed E-state index contributed by atoms with van der Waals surface area (Å²) in [6, 6.07) is 13.5. The maximum Gasteiger partial charge on any atom is 0.252 e. The van der Waals surface area contributed by atoms with Crippen LogP contribution in [0.3, 0.4) is 0 Å². The highest BCUT2D eigenvalue weighted by Gasteiger charge is 2.13. The SMILES string of the molecule is CCc1cc2c(c(Cl)cc(=O)n2Cc2ccccc2)c(CC)n1. The molecule has 0 aliphatic rings. The summed E-state index contributed by atoms with van der Waals surface area (Å²) < 4.78 is 1.79. The van der Waals surface area contributed by atoms with Gasteiger partial charge in [-0.05, 0) is 24.5 Å². The predicted octanol–water partition coefficient (Wildman–Crippen LogP) is 4.22. The molecule has 0 atom stereocenters. The molecule has 0 saturated carbocycles. The van der Waals surface area contributed by atoms with Crippen molar-refractivity contribution in [2.75, 3.05) is 0 Å². The van der Waals surface area contributed by atoms with Crippen LogP contribution in [0.4, 0.5) is 0 Å². The van der Waals surface area contributed by atoms with Crippen molar-refractivity contribution in [3.8, 4) is 0 Å². The zero-order chi connectivity index (χ0) is 16.4. The van der Waals surface area contributed by atoms with Crippen LogP contribution >= 0.6 is 11.6 Å². The first-order chi connectivity index (χ1) is 11.1. The monoisotopic (exact) mass is 326 g/mol. The largest absolute Gasteiger partial charge is 0.304 e. The molecule has 118 valence electrons. The van der Waals surface area contributed by atoms with Gasteiger partial charge in [0.2, 0.25) is 0 Å². The molecule has 0 amide bonds. The molecule has 0 aliphatic heterocycles. The molecule has 3 nitrogen and oxygen atoms in total. The molecule has 23 heavy (non-hydrogen) atoms. The van der Waals surface area contributed by atoms with Crippen LogP contribution in [-0.2, 0) is 19.4 Å². The van der Waals surface area contributed by atoms with E-state index in [-0.39, 0.29) is 5.56 Å². The van der Waals surface area contributed by atoms with Gasteiger partial charge in [0.25, 0.3) is 5.56 Å².